The molecule has 1 heterocycles. The Bertz CT molecular complexity index is 392. The highest BCUT2D eigenvalue weighted by molar-refractivity contribution is 5.41. The van der Waals surface area contributed by atoms with Crippen LogP contribution in [-0.4, -0.2) is 9.89 Å². The number of para-hydroxylation sites is 1. The molecule has 0 aliphatic rings. The van der Waals surface area contributed by atoms with Crippen LogP contribution in [0.3, 0.4) is 0 Å². The predicted octanol–water partition coefficient (Wildman–Crippen LogP) is 2.13. The maximum Gasteiger partial charge on any atom is 0.0579 e. The van der Waals surface area contributed by atoms with Crippen molar-refractivity contribution in [1.82, 2.24) is 9.89 Å². The summed E-state index contributed by atoms with van der Waals surface area (Å²) in [5.41, 5.74) is 3.67. The molecule has 0 aliphatic heterocycles. The molecule has 0 bridgehead atoms. The average Bonchev–Trinajstić information content (AvgIpc) is 2.72. The Morgan fingerprint density at radius 1 is 1.14 bits per heavy atom. The van der Waals surface area contributed by atoms with E-state index in [1.807, 2.05) is 30.3 Å². The minimum absolute atomic E-state index is 0.892. The zero-order valence-electron chi connectivity index (χ0n) is 7.41. The normalized spacial score (nSPS) is 10.6. The molecular weight excluding hydrogens is 178 g/mol. The molecule has 1 N–H and O–H groups in total. The number of hydrogen-bond donors (Lipinski definition) is 1. The van der Waals surface area contributed by atoms with Crippen molar-refractivity contribution in [2.75, 3.05) is 5.43 Å². The van der Waals surface area contributed by atoms with E-state index in [0.717, 1.165) is 5.69 Å². The fourth-order valence-electron chi connectivity index (χ4n) is 0.952. The van der Waals surface area contributed by atoms with Crippen molar-refractivity contribution in [3.8, 4) is 0 Å². The molecule has 70 valence electrons. The van der Waals surface area contributed by atoms with Gasteiger partial charge in [0.15, 0.2) is 0 Å². The summed E-state index contributed by atoms with van der Waals surface area (Å²) in [5, 5.41) is 11.4. The summed E-state index contributed by atoms with van der Waals surface area (Å²) in [5.74, 6) is 0. The van der Waals surface area contributed by atoms with Gasteiger partial charge in [-0.3, -0.25) is 5.43 Å². The van der Waals surface area contributed by atoms with Crippen LogP contribution >= 0.6 is 0 Å². The van der Waals surface area contributed by atoms with Crippen molar-refractivity contribution in [3.05, 3.63) is 48.8 Å². The highest BCUT2D eigenvalue weighted by atomic mass is 15.6. The summed E-state index contributed by atoms with van der Waals surface area (Å²) in [6, 6.07) is 11.4. The maximum absolute atomic E-state index is 3.86. The van der Waals surface area contributed by atoms with E-state index in [-0.39, 0.29) is 0 Å². The molecule has 0 saturated heterocycles. The lowest BCUT2D eigenvalue weighted by atomic mass is 10.3. The molecule has 14 heavy (non-hydrogen) atoms. The van der Waals surface area contributed by atoms with E-state index in [0.29, 0.717) is 0 Å². The van der Waals surface area contributed by atoms with Gasteiger partial charge in [-0.2, -0.15) is 5.10 Å². The summed E-state index contributed by atoms with van der Waals surface area (Å²) >= 11 is 0. The summed E-state index contributed by atoms with van der Waals surface area (Å²) in [6.45, 7) is 0. The first-order chi connectivity index (χ1) is 6.95. The van der Waals surface area contributed by atoms with Gasteiger partial charge in [0.05, 0.1) is 18.1 Å². The smallest absolute Gasteiger partial charge is 0.0579 e. The van der Waals surface area contributed by atoms with Crippen molar-refractivity contribution in [2.24, 2.45) is 10.4 Å². The second kappa shape index (κ2) is 4.18. The molecule has 0 radical (unpaired) electrons. The molecule has 0 fully saturated rings. The second-order valence-corrected chi connectivity index (χ2v) is 2.59. The first-order valence-corrected chi connectivity index (χ1v) is 4.17. The number of anilines is 1. The lowest BCUT2D eigenvalue weighted by Gasteiger charge is -1.95. The van der Waals surface area contributed by atoms with Crippen LogP contribution in [0.15, 0.2) is 59.2 Å². The lowest BCUT2D eigenvalue weighted by molar-refractivity contribution is 0.681. The molecule has 0 unspecified atom stereocenters. The van der Waals surface area contributed by atoms with Crippen LogP contribution in [0.4, 0.5) is 5.69 Å². The molecule has 0 spiro atoms. The van der Waals surface area contributed by atoms with Gasteiger partial charge in [0.1, 0.15) is 0 Å². The highest BCUT2D eigenvalue weighted by Crippen LogP contribution is 2.04. The summed E-state index contributed by atoms with van der Waals surface area (Å²) in [6.07, 6.45) is 3.34. The Labute approximate surface area is 81.0 Å². The molecule has 2 rings (SSSR count). The fourth-order valence-corrected chi connectivity index (χ4v) is 0.952. The van der Waals surface area contributed by atoms with Gasteiger partial charge in [-0.1, -0.05) is 18.2 Å². The SMILES string of the molecule is c1ccc(NN=Nn2cccn2)cc1. The first-order valence-electron chi connectivity index (χ1n) is 4.17. The lowest BCUT2D eigenvalue weighted by Crippen LogP contribution is -1.90. The molecule has 5 nitrogen and oxygen atoms in total. The molecule has 2 aromatic rings. The molecule has 0 aliphatic carbocycles. The van der Waals surface area contributed by atoms with Gasteiger partial charge in [0, 0.05) is 0 Å². The molecule has 0 amide bonds. The quantitative estimate of drug-likeness (QED) is 0.591. The standard InChI is InChI=1S/C9H9N5/c1-2-5-9(6-3-1)11-12-13-14-8-4-7-10-14/h1-8H,(H,11,13). The Hall–Kier alpha value is -2.17. The summed E-state index contributed by atoms with van der Waals surface area (Å²) in [7, 11) is 0. The van der Waals surface area contributed by atoms with Crippen molar-refractivity contribution < 1.29 is 0 Å². The zero-order chi connectivity index (χ0) is 9.64. The molecule has 1 aromatic heterocycles. The fraction of sp³-hybridized carbons (Fsp3) is 0. The number of hydrogen-bond acceptors (Lipinski definition) is 3. The number of aromatic nitrogens is 2. The van der Waals surface area contributed by atoms with Crippen LogP contribution in [0.25, 0.3) is 0 Å². The van der Waals surface area contributed by atoms with E-state index in [1.165, 1.54) is 4.79 Å². The van der Waals surface area contributed by atoms with E-state index in [4.69, 9.17) is 0 Å². The molecule has 0 atom stereocenters. The third kappa shape index (κ3) is 2.16. The van der Waals surface area contributed by atoms with Crippen LogP contribution in [0.2, 0.25) is 0 Å². The second-order valence-electron chi connectivity index (χ2n) is 2.59. The number of nitrogens with one attached hydrogen (secondary N) is 1. The minimum Gasteiger partial charge on any atom is -0.258 e. The van der Waals surface area contributed by atoms with E-state index >= 15 is 0 Å². The highest BCUT2D eigenvalue weighted by Gasteiger charge is 1.85. The van der Waals surface area contributed by atoms with Gasteiger partial charge in [0.2, 0.25) is 0 Å². The van der Waals surface area contributed by atoms with E-state index in [2.05, 4.69) is 21.0 Å². The van der Waals surface area contributed by atoms with E-state index in [1.54, 1.807) is 18.5 Å². The van der Waals surface area contributed by atoms with E-state index < -0.39 is 0 Å². The van der Waals surface area contributed by atoms with Crippen LogP contribution in [-0.2, 0) is 0 Å². The minimum atomic E-state index is 0.892. The Balaban J connectivity index is 1.95. The van der Waals surface area contributed by atoms with Crippen molar-refractivity contribution in [2.45, 2.75) is 0 Å². The Kier molecular flexibility index (Phi) is 2.51. The molecular formula is C9H9N5. The van der Waals surface area contributed by atoms with Gasteiger partial charge in [0.25, 0.3) is 0 Å². The average molecular weight is 187 g/mol. The van der Waals surface area contributed by atoms with Gasteiger partial charge < -0.3 is 0 Å². The zero-order valence-corrected chi connectivity index (χ0v) is 7.41. The molecule has 0 saturated carbocycles. The largest absolute Gasteiger partial charge is 0.258 e. The van der Waals surface area contributed by atoms with Crippen LogP contribution in [0.1, 0.15) is 0 Å². The van der Waals surface area contributed by atoms with Crippen molar-refractivity contribution >= 4 is 5.69 Å². The van der Waals surface area contributed by atoms with Crippen LogP contribution in [0.5, 0.6) is 0 Å². The van der Waals surface area contributed by atoms with Gasteiger partial charge in [-0.05, 0) is 28.6 Å². The summed E-state index contributed by atoms with van der Waals surface area (Å²) in [4.78, 5) is 1.37. The van der Waals surface area contributed by atoms with Crippen LogP contribution < -0.4 is 5.43 Å². The first kappa shape index (κ1) is 8.43. The number of nitrogens with zero attached hydrogens (tertiary/aromatic N) is 4. The number of rotatable bonds is 3. The predicted molar refractivity (Wildman–Crippen MR) is 52.5 cm³/mol. The van der Waals surface area contributed by atoms with Gasteiger partial charge in [-0.25, -0.2) is 0 Å². The third-order valence-corrected chi connectivity index (χ3v) is 1.58. The topological polar surface area (TPSA) is 54.6 Å². The monoisotopic (exact) mass is 187 g/mol. The third-order valence-electron chi connectivity index (χ3n) is 1.58. The maximum atomic E-state index is 3.86. The van der Waals surface area contributed by atoms with Crippen molar-refractivity contribution in [1.29, 1.82) is 0 Å². The van der Waals surface area contributed by atoms with E-state index in [9.17, 15) is 0 Å². The Morgan fingerprint density at radius 2 is 2.00 bits per heavy atom. The molecule has 1 aromatic carbocycles. The summed E-state index contributed by atoms with van der Waals surface area (Å²) < 4.78 is 0. The Morgan fingerprint density at radius 3 is 2.71 bits per heavy atom. The molecule has 5 heteroatoms. The number of benzene rings is 1. The van der Waals surface area contributed by atoms with Gasteiger partial charge in [-0.15, -0.1) is 4.79 Å². The van der Waals surface area contributed by atoms with Gasteiger partial charge >= 0.3 is 0 Å². The van der Waals surface area contributed by atoms with Crippen LogP contribution in [0, 0.1) is 0 Å². The van der Waals surface area contributed by atoms with Crippen molar-refractivity contribution in [3.63, 3.8) is 0 Å².